The zero-order valence-electron chi connectivity index (χ0n) is 13.0. The molecule has 0 aromatic carbocycles. The summed E-state index contributed by atoms with van der Waals surface area (Å²) in [6.45, 7) is 6.44. The molecule has 7 heteroatoms. The Labute approximate surface area is 123 Å². The van der Waals surface area contributed by atoms with Gasteiger partial charge in [-0.1, -0.05) is 6.92 Å². The van der Waals surface area contributed by atoms with E-state index >= 15 is 0 Å². The molecule has 0 radical (unpaired) electrons. The third-order valence-electron chi connectivity index (χ3n) is 3.72. The Hall–Kier alpha value is -0.210. The standard InChI is InChI=1S/C13H29N3O3S/c1-4-14-8-5-9-15(2)20(17,18)16(3)12-13-6-10-19-11-7-13/h13-14H,4-12H2,1-3H3. The van der Waals surface area contributed by atoms with Crippen LogP contribution in [0.4, 0.5) is 0 Å². The Morgan fingerprint density at radius 3 is 2.45 bits per heavy atom. The molecule has 0 unspecified atom stereocenters. The molecule has 0 atom stereocenters. The average Bonchev–Trinajstić information content (AvgIpc) is 2.44. The predicted octanol–water partition coefficient (Wildman–Crippen LogP) is 0.521. The van der Waals surface area contributed by atoms with Crippen molar-refractivity contribution in [3.63, 3.8) is 0 Å². The van der Waals surface area contributed by atoms with Gasteiger partial charge in [-0.3, -0.25) is 0 Å². The second-order valence-electron chi connectivity index (χ2n) is 5.37. The first-order chi connectivity index (χ1) is 9.48. The molecule has 1 heterocycles. The average molecular weight is 307 g/mol. The van der Waals surface area contributed by atoms with Crippen molar-refractivity contribution in [1.82, 2.24) is 13.9 Å². The highest BCUT2D eigenvalue weighted by atomic mass is 32.2. The second kappa shape index (κ2) is 8.94. The summed E-state index contributed by atoms with van der Waals surface area (Å²) in [5, 5.41) is 3.20. The van der Waals surface area contributed by atoms with Crippen LogP contribution in [0, 0.1) is 5.92 Å². The van der Waals surface area contributed by atoms with E-state index in [0.717, 1.165) is 45.6 Å². The Bertz CT molecular complexity index is 356. The lowest BCUT2D eigenvalue weighted by Crippen LogP contribution is -2.43. The van der Waals surface area contributed by atoms with Crippen molar-refractivity contribution < 1.29 is 13.2 Å². The molecule has 0 saturated carbocycles. The molecular formula is C13H29N3O3S. The highest BCUT2D eigenvalue weighted by molar-refractivity contribution is 7.86. The Morgan fingerprint density at radius 2 is 1.85 bits per heavy atom. The van der Waals surface area contributed by atoms with Gasteiger partial charge < -0.3 is 10.1 Å². The van der Waals surface area contributed by atoms with Crippen LogP contribution in [0.5, 0.6) is 0 Å². The quantitative estimate of drug-likeness (QED) is 0.631. The highest BCUT2D eigenvalue weighted by Crippen LogP contribution is 2.17. The first kappa shape index (κ1) is 17.8. The van der Waals surface area contributed by atoms with Crippen molar-refractivity contribution in [1.29, 1.82) is 0 Å². The van der Waals surface area contributed by atoms with Gasteiger partial charge in [0, 0.05) is 40.4 Å². The van der Waals surface area contributed by atoms with E-state index < -0.39 is 10.2 Å². The van der Waals surface area contributed by atoms with Gasteiger partial charge in [0.1, 0.15) is 0 Å². The molecule has 20 heavy (non-hydrogen) atoms. The predicted molar refractivity (Wildman–Crippen MR) is 80.9 cm³/mol. The largest absolute Gasteiger partial charge is 0.381 e. The van der Waals surface area contributed by atoms with Gasteiger partial charge in [-0.25, -0.2) is 0 Å². The summed E-state index contributed by atoms with van der Waals surface area (Å²) in [7, 11) is -0.000743. The number of nitrogens with one attached hydrogen (secondary N) is 1. The van der Waals surface area contributed by atoms with Gasteiger partial charge in [-0.05, 0) is 38.3 Å². The second-order valence-corrected chi connectivity index (χ2v) is 7.52. The normalized spacial score (nSPS) is 18.1. The summed E-state index contributed by atoms with van der Waals surface area (Å²) < 4.78 is 33.0. The van der Waals surface area contributed by atoms with Crippen LogP contribution in [0.1, 0.15) is 26.2 Å². The molecule has 0 bridgehead atoms. The van der Waals surface area contributed by atoms with Crippen molar-refractivity contribution >= 4 is 10.2 Å². The number of nitrogens with zero attached hydrogens (tertiary/aromatic N) is 2. The van der Waals surface area contributed by atoms with Crippen LogP contribution in [-0.2, 0) is 14.9 Å². The minimum Gasteiger partial charge on any atom is -0.381 e. The van der Waals surface area contributed by atoms with Crippen LogP contribution in [0.3, 0.4) is 0 Å². The molecule has 1 aliphatic rings. The molecule has 0 aliphatic carbocycles. The molecule has 1 N–H and O–H groups in total. The summed E-state index contributed by atoms with van der Waals surface area (Å²) in [5.74, 6) is 0.415. The fourth-order valence-electron chi connectivity index (χ4n) is 2.34. The minimum absolute atomic E-state index is 0.415. The van der Waals surface area contributed by atoms with Crippen LogP contribution in [0.25, 0.3) is 0 Å². The first-order valence-electron chi connectivity index (χ1n) is 7.44. The summed E-state index contributed by atoms with van der Waals surface area (Å²) in [6, 6.07) is 0. The van der Waals surface area contributed by atoms with E-state index in [4.69, 9.17) is 4.74 Å². The molecule has 0 aromatic heterocycles. The van der Waals surface area contributed by atoms with Gasteiger partial charge in [-0.15, -0.1) is 0 Å². The van der Waals surface area contributed by atoms with Crippen molar-refractivity contribution in [2.45, 2.75) is 26.2 Å². The van der Waals surface area contributed by atoms with Crippen LogP contribution < -0.4 is 5.32 Å². The molecule has 0 aromatic rings. The van der Waals surface area contributed by atoms with Crippen molar-refractivity contribution in [2.24, 2.45) is 5.92 Å². The van der Waals surface area contributed by atoms with Gasteiger partial charge in [0.15, 0.2) is 0 Å². The van der Waals surface area contributed by atoms with E-state index in [1.54, 1.807) is 14.1 Å². The molecule has 1 saturated heterocycles. The summed E-state index contributed by atoms with van der Waals surface area (Å²) in [6.07, 6.45) is 2.72. The third kappa shape index (κ3) is 5.65. The maximum Gasteiger partial charge on any atom is 0.281 e. The van der Waals surface area contributed by atoms with E-state index in [1.807, 2.05) is 6.92 Å². The number of ether oxygens (including phenoxy) is 1. The number of rotatable bonds is 9. The fourth-order valence-corrected chi connectivity index (χ4v) is 3.58. The summed E-state index contributed by atoms with van der Waals surface area (Å²) in [4.78, 5) is 0. The summed E-state index contributed by atoms with van der Waals surface area (Å²) in [5.41, 5.74) is 0. The van der Waals surface area contributed by atoms with Crippen molar-refractivity contribution in [3.05, 3.63) is 0 Å². The van der Waals surface area contributed by atoms with Gasteiger partial charge in [0.25, 0.3) is 10.2 Å². The first-order valence-corrected chi connectivity index (χ1v) is 8.84. The smallest absolute Gasteiger partial charge is 0.281 e. The molecule has 0 spiro atoms. The zero-order chi connectivity index (χ0) is 15.0. The molecule has 0 amide bonds. The van der Waals surface area contributed by atoms with Crippen LogP contribution in [0.15, 0.2) is 0 Å². The minimum atomic E-state index is -3.33. The van der Waals surface area contributed by atoms with Crippen LogP contribution >= 0.6 is 0 Å². The van der Waals surface area contributed by atoms with E-state index in [9.17, 15) is 8.42 Å². The van der Waals surface area contributed by atoms with Crippen molar-refractivity contribution in [3.8, 4) is 0 Å². The maximum atomic E-state index is 12.4. The van der Waals surface area contributed by atoms with E-state index in [1.165, 1.54) is 8.61 Å². The number of hydrogen-bond acceptors (Lipinski definition) is 4. The SMILES string of the molecule is CCNCCCN(C)S(=O)(=O)N(C)CC1CCOCC1. The van der Waals surface area contributed by atoms with Gasteiger partial charge in [0.05, 0.1) is 0 Å². The molecular weight excluding hydrogens is 278 g/mol. The molecule has 1 rings (SSSR count). The molecule has 1 fully saturated rings. The van der Waals surface area contributed by atoms with E-state index in [-0.39, 0.29) is 0 Å². The monoisotopic (exact) mass is 307 g/mol. The van der Waals surface area contributed by atoms with Gasteiger partial charge >= 0.3 is 0 Å². The lowest BCUT2D eigenvalue weighted by Gasteiger charge is -2.29. The van der Waals surface area contributed by atoms with Gasteiger partial charge in [-0.2, -0.15) is 17.0 Å². The third-order valence-corrected chi connectivity index (χ3v) is 5.63. The van der Waals surface area contributed by atoms with Gasteiger partial charge in [0.2, 0.25) is 0 Å². The Kier molecular flexibility index (Phi) is 7.98. The fraction of sp³-hybridized carbons (Fsp3) is 1.00. The maximum absolute atomic E-state index is 12.4. The topological polar surface area (TPSA) is 61.9 Å². The van der Waals surface area contributed by atoms with Crippen LogP contribution in [-0.4, -0.2) is 70.5 Å². The Morgan fingerprint density at radius 1 is 1.20 bits per heavy atom. The van der Waals surface area contributed by atoms with Crippen molar-refractivity contribution in [2.75, 3.05) is 53.5 Å². The summed E-state index contributed by atoms with van der Waals surface area (Å²) >= 11 is 0. The van der Waals surface area contributed by atoms with Crippen LogP contribution in [0.2, 0.25) is 0 Å². The number of hydrogen-bond donors (Lipinski definition) is 1. The molecule has 6 nitrogen and oxygen atoms in total. The molecule has 120 valence electrons. The Balaban J connectivity index is 2.40. The van der Waals surface area contributed by atoms with E-state index in [2.05, 4.69) is 5.32 Å². The zero-order valence-corrected chi connectivity index (χ0v) is 13.8. The van der Waals surface area contributed by atoms with E-state index in [0.29, 0.717) is 19.0 Å². The molecule has 1 aliphatic heterocycles. The highest BCUT2D eigenvalue weighted by Gasteiger charge is 2.26. The lowest BCUT2D eigenvalue weighted by atomic mass is 10.0. The lowest BCUT2D eigenvalue weighted by molar-refractivity contribution is 0.0616.